The van der Waals surface area contributed by atoms with Gasteiger partial charge in [-0.25, -0.2) is 13.1 Å². The lowest BCUT2D eigenvalue weighted by Gasteiger charge is -2.35. The molecule has 29 heavy (non-hydrogen) atoms. The lowest BCUT2D eigenvalue weighted by molar-refractivity contribution is -0.121. The summed E-state index contributed by atoms with van der Waals surface area (Å²) in [6, 6.07) is 6.43. The molecule has 4 rings (SSSR count). The first-order valence-corrected chi connectivity index (χ1v) is 11.7. The highest BCUT2D eigenvalue weighted by Crippen LogP contribution is 2.25. The standard InChI is InChI=1S/C20H27N3O5S/c24-19-5-6-20(25)23(19)16-1-3-18(4-2-16)29(26,27)21-13-15-7-10-22(11-8-15)17-9-12-28-14-17/h1-4,15,17,21H,5-14H2/t17-/m1/s1. The van der Waals surface area contributed by atoms with Crippen LogP contribution in [0.4, 0.5) is 5.69 Å². The number of imide groups is 1. The van der Waals surface area contributed by atoms with Gasteiger partial charge in [-0.15, -0.1) is 0 Å². The first kappa shape index (κ1) is 20.5. The molecule has 1 atom stereocenters. The van der Waals surface area contributed by atoms with E-state index in [2.05, 4.69) is 9.62 Å². The molecule has 3 saturated heterocycles. The Morgan fingerprint density at radius 2 is 1.66 bits per heavy atom. The monoisotopic (exact) mass is 421 g/mol. The van der Waals surface area contributed by atoms with Crippen LogP contribution < -0.4 is 9.62 Å². The van der Waals surface area contributed by atoms with Gasteiger partial charge in [0.15, 0.2) is 0 Å². The maximum Gasteiger partial charge on any atom is 0.240 e. The number of hydrogen-bond donors (Lipinski definition) is 1. The molecule has 3 fully saturated rings. The van der Waals surface area contributed by atoms with Crippen LogP contribution >= 0.6 is 0 Å². The van der Waals surface area contributed by atoms with E-state index in [0.717, 1.165) is 50.5 Å². The van der Waals surface area contributed by atoms with Crippen molar-refractivity contribution in [2.24, 2.45) is 5.92 Å². The van der Waals surface area contributed by atoms with Crippen molar-refractivity contribution in [3.8, 4) is 0 Å². The van der Waals surface area contributed by atoms with Gasteiger partial charge in [0.2, 0.25) is 21.8 Å². The summed E-state index contributed by atoms with van der Waals surface area (Å²) in [6.07, 6.45) is 3.43. The minimum atomic E-state index is -3.63. The van der Waals surface area contributed by atoms with Crippen LogP contribution in [0.5, 0.6) is 0 Å². The third-order valence-electron chi connectivity index (χ3n) is 6.09. The van der Waals surface area contributed by atoms with Crippen molar-refractivity contribution in [3.05, 3.63) is 24.3 Å². The van der Waals surface area contributed by atoms with E-state index in [4.69, 9.17) is 4.74 Å². The summed E-state index contributed by atoms with van der Waals surface area (Å²) in [4.78, 5) is 27.3. The number of rotatable bonds is 6. The van der Waals surface area contributed by atoms with Crippen molar-refractivity contribution in [1.29, 1.82) is 0 Å². The van der Waals surface area contributed by atoms with E-state index in [1.165, 1.54) is 24.3 Å². The number of amides is 2. The van der Waals surface area contributed by atoms with E-state index in [1.54, 1.807) is 0 Å². The van der Waals surface area contributed by atoms with Gasteiger partial charge in [0.05, 0.1) is 17.2 Å². The van der Waals surface area contributed by atoms with Crippen LogP contribution in [0, 0.1) is 5.92 Å². The largest absolute Gasteiger partial charge is 0.380 e. The van der Waals surface area contributed by atoms with Gasteiger partial charge in [-0.05, 0) is 62.5 Å². The molecule has 0 bridgehead atoms. The topological polar surface area (TPSA) is 96.0 Å². The molecule has 0 aromatic heterocycles. The zero-order valence-electron chi connectivity index (χ0n) is 16.4. The van der Waals surface area contributed by atoms with E-state index < -0.39 is 10.0 Å². The predicted molar refractivity (Wildman–Crippen MR) is 107 cm³/mol. The zero-order valence-corrected chi connectivity index (χ0v) is 17.2. The van der Waals surface area contributed by atoms with Crippen LogP contribution in [0.1, 0.15) is 32.1 Å². The van der Waals surface area contributed by atoms with Crippen LogP contribution in [0.2, 0.25) is 0 Å². The number of hydrogen-bond acceptors (Lipinski definition) is 6. The molecule has 1 N–H and O–H groups in total. The molecule has 0 spiro atoms. The number of sulfonamides is 1. The molecule has 0 saturated carbocycles. The number of nitrogens with zero attached hydrogens (tertiary/aromatic N) is 2. The van der Waals surface area contributed by atoms with E-state index in [9.17, 15) is 18.0 Å². The summed E-state index contributed by atoms with van der Waals surface area (Å²) in [5, 5.41) is 0. The summed E-state index contributed by atoms with van der Waals surface area (Å²) < 4.78 is 33.4. The number of piperidine rings is 1. The lowest BCUT2D eigenvalue weighted by Crippen LogP contribution is -2.43. The molecule has 2 amide bonds. The third-order valence-corrected chi connectivity index (χ3v) is 7.53. The molecular weight excluding hydrogens is 394 g/mol. The highest BCUT2D eigenvalue weighted by Gasteiger charge is 2.31. The number of likely N-dealkylation sites (tertiary alicyclic amines) is 1. The van der Waals surface area contributed by atoms with Crippen LogP contribution in [0.25, 0.3) is 0 Å². The molecular formula is C20H27N3O5S. The van der Waals surface area contributed by atoms with E-state index in [0.29, 0.717) is 24.2 Å². The van der Waals surface area contributed by atoms with E-state index >= 15 is 0 Å². The molecule has 1 aromatic rings. The molecule has 3 aliphatic rings. The summed E-state index contributed by atoms with van der Waals surface area (Å²) in [6.45, 7) is 4.02. The maximum absolute atomic E-state index is 12.6. The van der Waals surface area contributed by atoms with Gasteiger partial charge in [-0.3, -0.25) is 19.4 Å². The molecule has 9 heteroatoms. The lowest BCUT2D eigenvalue weighted by atomic mass is 9.96. The van der Waals surface area contributed by atoms with Crippen LogP contribution in [0.3, 0.4) is 0 Å². The Morgan fingerprint density at radius 3 is 2.24 bits per heavy atom. The van der Waals surface area contributed by atoms with Crippen LogP contribution in [-0.4, -0.2) is 64.0 Å². The molecule has 3 aliphatic heterocycles. The maximum atomic E-state index is 12.6. The SMILES string of the molecule is O=C1CCC(=O)N1c1ccc(S(=O)(=O)NCC2CCN([C@@H]3CCOC3)CC2)cc1. The minimum absolute atomic E-state index is 0.140. The Labute approximate surface area is 171 Å². The fourth-order valence-corrected chi connectivity index (χ4v) is 5.40. The zero-order chi connectivity index (χ0) is 20.4. The molecule has 0 radical (unpaired) electrons. The number of ether oxygens (including phenoxy) is 1. The number of anilines is 1. The van der Waals surface area contributed by atoms with E-state index in [1.807, 2.05) is 0 Å². The van der Waals surface area contributed by atoms with Gasteiger partial charge in [-0.2, -0.15) is 0 Å². The fourth-order valence-electron chi connectivity index (χ4n) is 4.28. The first-order valence-electron chi connectivity index (χ1n) is 10.2. The summed E-state index contributed by atoms with van der Waals surface area (Å²) in [7, 11) is -3.63. The molecule has 1 aromatic carbocycles. The summed E-state index contributed by atoms with van der Waals surface area (Å²) in [5.74, 6) is -0.180. The minimum Gasteiger partial charge on any atom is -0.380 e. The summed E-state index contributed by atoms with van der Waals surface area (Å²) >= 11 is 0. The van der Waals surface area contributed by atoms with Crippen LogP contribution in [-0.2, 0) is 24.3 Å². The normalized spacial score (nSPS) is 24.6. The Balaban J connectivity index is 1.31. The number of benzene rings is 1. The molecule has 0 unspecified atom stereocenters. The molecule has 0 aliphatic carbocycles. The van der Waals surface area contributed by atoms with Crippen LogP contribution in [0.15, 0.2) is 29.2 Å². The Bertz CT molecular complexity index is 841. The average Bonchev–Trinajstić information content (AvgIpc) is 3.37. The Hall–Kier alpha value is -1.81. The number of carbonyl (C=O) groups is 2. The Kier molecular flexibility index (Phi) is 6.00. The van der Waals surface area contributed by atoms with Gasteiger partial charge in [0, 0.05) is 32.0 Å². The third kappa shape index (κ3) is 4.53. The average molecular weight is 422 g/mol. The van der Waals surface area contributed by atoms with Crippen molar-refractivity contribution in [3.63, 3.8) is 0 Å². The second-order valence-electron chi connectivity index (χ2n) is 7.97. The van der Waals surface area contributed by atoms with Crippen molar-refractivity contribution in [2.45, 2.75) is 43.0 Å². The quantitative estimate of drug-likeness (QED) is 0.692. The fraction of sp³-hybridized carbons (Fsp3) is 0.600. The first-order chi connectivity index (χ1) is 13.9. The van der Waals surface area contributed by atoms with Gasteiger partial charge in [-0.1, -0.05) is 0 Å². The van der Waals surface area contributed by atoms with Gasteiger partial charge < -0.3 is 4.74 Å². The second-order valence-corrected chi connectivity index (χ2v) is 9.73. The van der Waals surface area contributed by atoms with Crippen molar-refractivity contribution >= 4 is 27.5 Å². The van der Waals surface area contributed by atoms with Gasteiger partial charge in [0.1, 0.15) is 0 Å². The van der Waals surface area contributed by atoms with Crippen molar-refractivity contribution < 1.29 is 22.7 Å². The highest BCUT2D eigenvalue weighted by atomic mass is 32.2. The van der Waals surface area contributed by atoms with E-state index in [-0.39, 0.29) is 29.6 Å². The van der Waals surface area contributed by atoms with Gasteiger partial charge >= 0.3 is 0 Å². The van der Waals surface area contributed by atoms with Crippen molar-refractivity contribution in [1.82, 2.24) is 9.62 Å². The number of nitrogens with one attached hydrogen (secondary N) is 1. The number of carbonyl (C=O) groups excluding carboxylic acids is 2. The predicted octanol–water partition coefficient (Wildman–Crippen LogP) is 1.12. The van der Waals surface area contributed by atoms with Crippen molar-refractivity contribution in [2.75, 3.05) is 37.7 Å². The highest BCUT2D eigenvalue weighted by molar-refractivity contribution is 7.89. The molecule has 3 heterocycles. The second kappa shape index (κ2) is 8.51. The smallest absolute Gasteiger partial charge is 0.240 e. The summed E-state index contributed by atoms with van der Waals surface area (Å²) in [5.41, 5.74) is 0.416. The van der Waals surface area contributed by atoms with Gasteiger partial charge in [0.25, 0.3) is 0 Å². The molecule has 8 nitrogen and oxygen atoms in total. The molecule has 158 valence electrons. The Morgan fingerprint density at radius 1 is 1.00 bits per heavy atom.